The zero-order valence-electron chi connectivity index (χ0n) is 15.8. The Hall–Kier alpha value is 0.120. The molecule has 7 heteroatoms. The van der Waals surface area contributed by atoms with Crippen molar-refractivity contribution in [1.29, 1.82) is 0 Å². The van der Waals surface area contributed by atoms with Crippen molar-refractivity contribution in [3.05, 3.63) is 12.7 Å². The minimum atomic E-state index is -3.79. The molecule has 26 heavy (non-hydrogen) atoms. The molecule has 0 unspecified atom stereocenters. The van der Waals surface area contributed by atoms with Crippen molar-refractivity contribution in [2.45, 2.75) is 96.8 Å². The van der Waals surface area contributed by atoms with E-state index in [2.05, 4.69) is 22.7 Å². The van der Waals surface area contributed by atoms with Crippen LogP contribution in [-0.2, 0) is 24.1 Å². The van der Waals surface area contributed by atoms with Gasteiger partial charge in [-0.2, -0.15) is 8.42 Å². The van der Waals surface area contributed by atoms with Gasteiger partial charge in [0.05, 0.1) is 5.75 Å². The summed E-state index contributed by atoms with van der Waals surface area (Å²) in [5.41, 5.74) is 0. The van der Waals surface area contributed by atoms with Crippen LogP contribution >= 0.6 is 0 Å². The first-order valence-electron chi connectivity index (χ1n) is 9.77. The number of rotatable bonds is 18. The Balaban J connectivity index is 0. The van der Waals surface area contributed by atoms with E-state index in [0.29, 0.717) is 6.42 Å². The van der Waals surface area contributed by atoms with Crippen LogP contribution in [0.2, 0.25) is 0 Å². The molecule has 0 rings (SSSR count). The van der Waals surface area contributed by atoms with Gasteiger partial charge >= 0.3 is 45.6 Å². The third-order valence-corrected chi connectivity index (χ3v) is 5.20. The standard InChI is InChI=1S/C19H36O5S.Na.H/c1-3-5-6-7-8-9-10-11-12-13-14-15-16-17-18-25(21,22)24-23-19(20)4-2;;/h4H,2-3,5-18H2,1H3;;. The number of carbonyl (C=O) groups is 1. The van der Waals surface area contributed by atoms with E-state index in [-0.39, 0.29) is 35.3 Å². The fourth-order valence-electron chi connectivity index (χ4n) is 2.63. The molecule has 0 saturated carbocycles. The van der Waals surface area contributed by atoms with Crippen molar-refractivity contribution >= 4 is 45.6 Å². The van der Waals surface area contributed by atoms with Crippen molar-refractivity contribution in [2.24, 2.45) is 0 Å². The van der Waals surface area contributed by atoms with E-state index in [0.717, 1.165) is 25.3 Å². The Morgan fingerprint density at radius 2 is 1.19 bits per heavy atom. The van der Waals surface area contributed by atoms with Crippen LogP contribution < -0.4 is 0 Å². The molecule has 0 aromatic rings. The second kappa shape index (κ2) is 19.9. The quantitative estimate of drug-likeness (QED) is 0.109. The normalized spacial score (nSPS) is 11.0. The van der Waals surface area contributed by atoms with Gasteiger partial charge in [-0.15, -0.1) is 0 Å². The van der Waals surface area contributed by atoms with E-state index in [4.69, 9.17) is 0 Å². The molecule has 0 aliphatic heterocycles. The SMILES string of the molecule is C=CC(=O)OOS(=O)(=O)CCCCCCCCCCCCCCCC.[NaH]. The summed E-state index contributed by atoms with van der Waals surface area (Å²) < 4.78 is 27.0. The monoisotopic (exact) mass is 400 g/mol. The second-order valence-corrected chi connectivity index (χ2v) is 8.19. The zero-order valence-corrected chi connectivity index (χ0v) is 16.7. The van der Waals surface area contributed by atoms with Crippen LogP contribution in [0.5, 0.6) is 0 Å². The van der Waals surface area contributed by atoms with Crippen LogP contribution in [0.25, 0.3) is 0 Å². The van der Waals surface area contributed by atoms with E-state index in [1.807, 2.05) is 0 Å². The Labute approximate surface area is 182 Å². The second-order valence-electron chi connectivity index (χ2n) is 6.53. The Morgan fingerprint density at radius 3 is 1.58 bits per heavy atom. The maximum atomic E-state index is 11.4. The van der Waals surface area contributed by atoms with Crippen LogP contribution in [0, 0.1) is 0 Å². The van der Waals surface area contributed by atoms with Crippen LogP contribution in [-0.4, -0.2) is 49.7 Å². The molecule has 0 radical (unpaired) electrons. The molecule has 0 bridgehead atoms. The summed E-state index contributed by atoms with van der Waals surface area (Å²) in [4.78, 5) is 14.8. The predicted molar refractivity (Wildman–Crippen MR) is 109 cm³/mol. The van der Waals surface area contributed by atoms with Crippen molar-refractivity contribution in [3.8, 4) is 0 Å². The first-order valence-corrected chi connectivity index (χ1v) is 11.3. The summed E-state index contributed by atoms with van der Waals surface area (Å²) in [5.74, 6) is -1.04. The van der Waals surface area contributed by atoms with Crippen LogP contribution in [0.15, 0.2) is 12.7 Å². The Bertz CT molecular complexity index is 437. The van der Waals surface area contributed by atoms with E-state index >= 15 is 0 Å². The van der Waals surface area contributed by atoms with Crippen molar-refractivity contribution < 1.29 is 22.4 Å². The molecule has 150 valence electrons. The van der Waals surface area contributed by atoms with Crippen molar-refractivity contribution in [3.63, 3.8) is 0 Å². The van der Waals surface area contributed by atoms with E-state index < -0.39 is 16.1 Å². The molecule has 0 atom stereocenters. The van der Waals surface area contributed by atoms with Crippen LogP contribution in [0.1, 0.15) is 96.8 Å². The summed E-state index contributed by atoms with van der Waals surface area (Å²) in [6, 6.07) is 0. The molecule has 0 amide bonds. The summed E-state index contributed by atoms with van der Waals surface area (Å²) in [5, 5.41) is 0. The Morgan fingerprint density at radius 1 is 0.808 bits per heavy atom. The van der Waals surface area contributed by atoms with Gasteiger partial charge < -0.3 is 0 Å². The number of unbranched alkanes of at least 4 members (excludes halogenated alkanes) is 13. The van der Waals surface area contributed by atoms with Gasteiger partial charge in [0.15, 0.2) is 0 Å². The Kier molecular flexibility index (Phi) is 21.7. The number of hydrogen-bond acceptors (Lipinski definition) is 5. The van der Waals surface area contributed by atoms with E-state index in [9.17, 15) is 13.2 Å². The topological polar surface area (TPSA) is 69.7 Å². The van der Waals surface area contributed by atoms with Gasteiger partial charge in [-0.3, -0.25) is 4.89 Å². The third kappa shape index (κ3) is 20.4. The maximum absolute atomic E-state index is 11.4. The summed E-state index contributed by atoms with van der Waals surface area (Å²) in [7, 11) is -3.79. The van der Waals surface area contributed by atoms with Gasteiger partial charge in [-0.1, -0.05) is 101 Å². The molecule has 0 N–H and O–H groups in total. The molecular weight excluding hydrogens is 363 g/mol. The average molecular weight is 401 g/mol. The molecule has 0 aromatic heterocycles. The molecule has 0 saturated heterocycles. The van der Waals surface area contributed by atoms with E-state index in [1.54, 1.807) is 0 Å². The summed E-state index contributed by atoms with van der Waals surface area (Å²) in [6.45, 7) is 5.40. The zero-order chi connectivity index (χ0) is 18.8. The molecule has 0 heterocycles. The van der Waals surface area contributed by atoms with Gasteiger partial charge in [-0.25, -0.2) is 4.79 Å². The number of hydrogen-bond donors (Lipinski definition) is 0. The minimum absolute atomic E-state index is 0. The third-order valence-electron chi connectivity index (χ3n) is 4.13. The summed E-state index contributed by atoms with van der Waals surface area (Å²) in [6.07, 6.45) is 17.7. The molecule has 0 spiro atoms. The predicted octanol–water partition coefficient (Wildman–Crippen LogP) is 4.81. The van der Waals surface area contributed by atoms with Crippen molar-refractivity contribution in [1.82, 2.24) is 0 Å². The van der Waals surface area contributed by atoms with Gasteiger partial charge in [0.25, 0.3) is 0 Å². The summed E-state index contributed by atoms with van der Waals surface area (Å²) >= 11 is 0. The average Bonchev–Trinajstić information content (AvgIpc) is 2.60. The van der Waals surface area contributed by atoms with Crippen molar-refractivity contribution in [2.75, 3.05) is 5.75 Å². The van der Waals surface area contributed by atoms with Gasteiger partial charge in [0.2, 0.25) is 0 Å². The van der Waals surface area contributed by atoms with Crippen LogP contribution in [0.3, 0.4) is 0 Å². The molecule has 0 aliphatic rings. The van der Waals surface area contributed by atoms with Gasteiger partial charge in [0, 0.05) is 6.08 Å². The van der Waals surface area contributed by atoms with Gasteiger partial charge in [0.1, 0.15) is 0 Å². The molecular formula is C19H37NaO5S. The first-order chi connectivity index (χ1) is 12.0. The molecule has 0 aliphatic carbocycles. The first kappa shape index (κ1) is 28.3. The molecule has 0 aromatic carbocycles. The fourth-order valence-corrected chi connectivity index (χ4v) is 3.42. The molecule has 5 nitrogen and oxygen atoms in total. The molecule has 0 fully saturated rings. The van der Waals surface area contributed by atoms with E-state index in [1.165, 1.54) is 64.2 Å². The van der Waals surface area contributed by atoms with Gasteiger partial charge in [-0.05, 0) is 6.42 Å². The van der Waals surface area contributed by atoms with Crippen LogP contribution in [0.4, 0.5) is 0 Å². The fraction of sp³-hybridized carbons (Fsp3) is 0.842. The number of carbonyl (C=O) groups excluding carboxylic acids is 1.